The van der Waals surface area contributed by atoms with E-state index < -0.39 is 10.0 Å². The fraction of sp³-hybridized carbons (Fsp3) is 0.350. The van der Waals surface area contributed by atoms with Gasteiger partial charge in [0.1, 0.15) is 16.4 Å². The number of methoxy groups -OCH3 is 2. The average Bonchev–Trinajstić information content (AvgIpc) is 2.71. The van der Waals surface area contributed by atoms with Gasteiger partial charge in [0.05, 0.1) is 20.3 Å². The van der Waals surface area contributed by atoms with Crippen LogP contribution in [0.3, 0.4) is 0 Å². The molecule has 0 saturated carbocycles. The van der Waals surface area contributed by atoms with Crippen LogP contribution < -0.4 is 19.5 Å². The zero-order valence-electron chi connectivity index (χ0n) is 16.5. The molecule has 0 bridgehead atoms. The van der Waals surface area contributed by atoms with Crippen LogP contribution in [0.25, 0.3) is 0 Å². The maximum atomic E-state index is 12.7. The van der Waals surface area contributed by atoms with E-state index in [0.29, 0.717) is 13.0 Å². The molecule has 0 aromatic heterocycles. The third kappa shape index (κ3) is 5.24. The zero-order valence-corrected chi connectivity index (χ0v) is 17.3. The van der Waals surface area contributed by atoms with Gasteiger partial charge in [-0.15, -0.1) is 0 Å². The number of carbonyl (C=O) groups excluding carboxylic acids is 1. The Morgan fingerprint density at radius 1 is 1.07 bits per heavy atom. The van der Waals surface area contributed by atoms with Crippen LogP contribution in [0.4, 0.5) is 0 Å². The highest BCUT2D eigenvalue weighted by atomic mass is 32.2. The molecule has 0 aliphatic carbocycles. The molecule has 7 nitrogen and oxygen atoms in total. The summed E-state index contributed by atoms with van der Waals surface area (Å²) in [6, 6.07) is 11.4. The van der Waals surface area contributed by atoms with Crippen LogP contribution in [0.1, 0.15) is 42.2 Å². The second kappa shape index (κ2) is 9.57. The molecule has 0 aliphatic heterocycles. The molecule has 0 saturated heterocycles. The number of hydrogen-bond acceptors (Lipinski definition) is 5. The molecular formula is C20H26N2O5S. The largest absolute Gasteiger partial charge is 0.497 e. The summed E-state index contributed by atoms with van der Waals surface area (Å²) in [6.07, 6.45) is 0.654. The molecule has 0 radical (unpaired) electrons. The monoisotopic (exact) mass is 406 g/mol. The maximum absolute atomic E-state index is 12.7. The quantitative estimate of drug-likeness (QED) is 0.668. The summed E-state index contributed by atoms with van der Waals surface area (Å²) in [6.45, 7) is 4.02. The van der Waals surface area contributed by atoms with Crippen molar-refractivity contribution in [1.29, 1.82) is 0 Å². The summed E-state index contributed by atoms with van der Waals surface area (Å²) in [5, 5.41) is 2.87. The minimum absolute atomic E-state index is 0.0619. The van der Waals surface area contributed by atoms with E-state index in [-0.39, 0.29) is 28.2 Å². The van der Waals surface area contributed by atoms with Crippen molar-refractivity contribution in [2.75, 3.05) is 20.8 Å². The van der Waals surface area contributed by atoms with Crippen molar-refractivity contribution in [1.82, 2.24) is 10.0 Å². The van der Waals surface area contributed by atoms with Crippen molar-refractivity contribution >= 4 is 15.9 Å². The number of nitrogens with one attached hydrogen (secondary N) is 2. The number of carbonyl (C=O) groups is 1. The molecule has 1 unspecified atom stereocenters. The molecule has 8 heteroatoms. The van der Waals surface area contributed by atoms with Gasteiger partial charge in [0.25, 0.3) is 5.91 Å². The van der Waals surface area contributed by atoms with Crippen molar-refractivity contribution in [3.05, 3.63) is 53.6 Å². The van der Waals surface area contributed by atoms with Gasteiger partial charge < -0.3 is 14.8 Å². The van der Waals surface area contributed by atoms with Gasteiger partial charge in [-0.3, -0.25) is 4.79 Å². The highest BCUT2D eigenvalue weighted by molar-refractivity contribution is 7.89. The highest BCUT2D eigenvalue weighted by Gasteiger charge is 2.22. The summed E-state index contributed by atoms with van der Waals surface area (Å²) in [4.78, 5) is 12.6. The number of sulfonamides is 1. The number of rotatable bonds is 9. The smallest absolute Gasteiger partial charge is 0.251 e. The Balaban J connectivity index is 2.24. The highest BCUT2D eigenvalue weighted by Crippen LogP contribution is 2.25. The number of benzene rings is 2. The van der Waals surface area contributed by atoms with Crippen LogP contribution in [-0.4, -0.2) is 35.1 Å². The molecule has 1 amide bonds. The van der Waals surface area contributed by atoms with Gasteiger partial charge in [0.2, 0.25) is 10.0 Å². The predicted octanol–water partition coefficient (Wildman–Crippen LogP) is 2.88. The van der Waals surface area contributed by atoms with Gasteiger partial charge in [-0.1, -0.05) is 19.1 Å². The molecular weight excluding hydrogens is 380 g/mol. The summed E-state index contributed by atoms with van der Waals surface area (Å²) in [7, 11) is -0.802. The molecule has 0 aliphatic rings. The Morgan fingerprint density at radius 3 is 2.32 bits per heavy atom. The third-order valence-electron chi connectivity index (χ3n) is 4.22. The van der Waals surface area contributed by atoms with E-state index in [9.17, 15) is 13.2 Å². The van der Waals surface area contributed by atoms with Crippen LogP contribution >= 0.6 is 0 Å². The molecule has 0 spiro atoms. The molecule has 1 atom stereocenters. The van der Waals surface area contributed by atoms with Gasteiger partial charge in [-0.25, -0.2) is 13.1 Å². The number of hydrogen-bond donors (Lipinski definition) is 2. The fourth-order valence-electron chi connectivity index (χ4n) is 2.60. The second-order valence-electron chi connectivity index (χ2n) is 6.23. The third-order valence-corrected chi connectivity index (χ3v) is 5.70. The van der Waals surface area contributed by atoms with Crippen LogP contribution in [0.5, 0.6) is 11.5 Å². The average molecular weight is 407 g/mol. The lowest BCUT2D eigenvalue weighted by Crippen LogP contribution is -2.28. The molecule has 0 heterocycles. The van der Waals surface area contributed by atoms with Crippen LogP contribution in [0, 0.1) is 0 Å². The standard InChI is InChI=1S/C20H26N2O5S/c1-5-12-21-28(24,25)19-13-16(8-11-18(19)27-4)20(23)22-14(2)15-6-9-17(26-3)10-7-15/h6-11,13-14,21H,5,12H2,1-4H3,(H,22,23). The minimum Gasteiger partial charge on any atom is -0.497 e. The van der Waals surface area contributed by atoms with Gasteiger partial charge in [-0.05, 0) is 49.2 Å². The van der Waals surface area contributed by atoms with E-state index in [1.165, 1.54) is 25.3 Å². The zero-order chi connectivity index (χ0) is 20.7. The van der Waals surface area contributed by atoms with E-state index >= 15 is 0 Å². The normalized spacial score (nSPS) is 12.3. The first kappa shape index (κ1) is 21.7. The van der Waals surface area contributed by atoms with Crippen LogP contribution in [0.15, 0.2) is 47.4 Å². The summed E-state index contributed by atoms with van der Waals surface area (Å²) < 4.78 is 37.8. The Labute approximate surface area is 166 Å². The topological polar surface area (TPSA) is 93.7 Å². The molecule has 0 fully saturated rings. The lowest BCUT2D eigenvalue weighted by atomic mass is 10.1. The van der Waals surface area contributed by atoms with Crippen molar-refractivity contribution in [2.45, 2.75) is 31.2 Å². The fourth-order valence-corrected chi connectivity index (χ4v) is 3.92. The Kier molecular flexibility index (Phi) is 7.42. The van der Waals surface area contributed by atoms with E-state index in [2.05, 4.69) is 10.0 Å². The first-order valence-corrected chi connectivity index (χ1v) is 10.4. The molecule has 2 rings (SSSR count). The summed E-state index contributed by atoms with van der Waals surface area (Å²) in [5.74, 6) is 0.535. The van der Waals surface area contributed by atoms with E-state index in [0.717, 1.165) is 11.3 Å². The van der Waals surface area contributed by atoms with Crippen LogP contribution in [0.2, 0.25) is 0 Å². The number of ether oxygens (including phenoxy) is 2. The van der Waals surface area contributed by atoms with E-state index in [4.69, 9.17) is 9.47 Å². The molecule has 2 aromatic rings. The van der Waals surface area contributed by atoms with Gasteiger partial charge in [0, 0.05) is 12.1 Å². The Hall–Kier alpha value is -2.58. The van der Waals surface area contributed by atoms with Gasteiger partial charge >= 0.3 is 0 Å². The maximum Gasteiger partial charge on any atom is 0.251 e. The lowest BCUT2D eigenvalue weighted by Gasteiger charge is -2.16. The summed E-state index contributed by atoms with van der Waals surface area (Å²) in [5.41, 5.74) is 1.14. The van der Waals surface area contributed by atoms with Crippen LogP contribution in [-0.2, 0) is 10.0 Å². The van der Waals surface area contributed by atoms with E-state index in [1.807, 2.05) is 38.1 Å². The van der Waals surface area contributed by atoms with Crippen molar-refractivity contribution in [3.63, 3.8) is 0 Å². The predicted molar refractivity (Wildman–Crippen MR) is 107 cm³/mol. The molecule has 2 aromatic carbocycles. The molecule has 2 N–H and O–H groups in total. The SMILES string of the molecule is CCCNS(=O)(=O)c1cc(C(=O)NC(C)c2ccc(OC)cc2)ccc1OC. The van der Waals surface area contributed by atoms with Crippen molar-refractivity contribution in [3.8, 4) is 11.5 Å². The first-order valence-electron chi connectivity index (χ1n) is 8.95. The lowest BCUT2D eigenvalue weighted by molar-refractivity contribution is 0.0939. The Bertz CT molecular complexity index is 911. The molecule has 152 valence electrons. The second-order valence-corrected chi connectivity index (χ2v) is 7.97. The first-order chi connectivity index (χ1) is 13.3. The van der Waals surface area contributed by atoms with Crippen molar-refractivity contribution in [2.24, 2.45) is 0 Å². The van der Waals surface area contributed by atoms with Gasteiger partial charge in [0.15, 0.2) is 0 Å². The van der Waals surface area contributed by atoms with Crippen molar-refractivity contribution < 1.29 is 22.7 Å². The molecule has 28 heavy (non-hydrogen) atoms. The van der Waals surface area contributed by atoms with Gasteiger partial charge in [-0.2, -0.15) is 0 Å². The van der Waals surface area contributed by atoms with E-state index in [1.54, 1.807) is 7.11 Å². The minimum atomic E-state index is -3.78. The number of amides is 1. The summed E-state index contributed by atoms with van der Waals surface area (Å²) >= 11 is 0. The Morgan fingerprint density at radius 2 is 1.75 bits per heavy atom.